The van der Waals surface area contributed by atoms with E-state index in [1.165, 1.54) is 18.4 Å². The third-order valence-electron chi connectivity index (χ3n) is 2.75. The van der Waals surface area contributed by atoms with Gasteiger partial charge in [0.05, 0.1) is 19.0 Å². The summed E-state index contributed by atoms with van der Waals surface area (Å²) < 4.78 is 31.9. The van der Waals surface area contributed by atoms with E-state index in [-0.39, 0.29) is 12.4 Å². The molecule has 20 heavy (non-hydrogen) atoms. The predicted octanol–water partition coefficient (Wildman–Crippen LogP) is 1.71. The van der Waals surface area contributed by atoms with Gasteiger partial charge in [0.1, 0.15) is 12.4 Å². The van der Waals surface area contributed by atoms with Crippen LogP contribution in [0.5, 0.6) is 5.75 Å². The van der Waals surface area contributed by atoms with Gasteiger partial charge in [0.15, 0.2) is 0 Å². The van der Waals surface area contributed by atoms with Crippen LogP contribution in [-0.2, 0) is 21.2 Å². The lowest BCUT2D eigenvalue weighted by Gasteiger charge is -2.07. The van der Waals surface area contributed by atoms with Gasteiger partial charge in [0.25, 0.3) is 0 Å². The average Bonchev–Trinajstić information content (AvgIpc) is 2.40. The van der Waals surface area contributed by atoms with Crippen molar-refractivity contribution in [2.45, 2.75) is 26.2 Å². The molecule has 1 aromatic rings. The summed E-state index contributed by atoms with van der Waals surface area (Å²) in [4.78, 5) is 0. The van der Waals surface area contributed by atoms with Crippen molar-refractivity contribution >= 4 is 10.0 Å². The molecule has 0 radical (unpaired) electrons. The zero-order valence-electron chi connectivity index (χ0n) is 11.9. The zero-order chi connectivity index (χ0) is 14.8. The smallest absolute Gasteiger partial charge is 0.211 e. The normalized spacial score (nSPS) is 11.5. The Morgan fingerprint density at radius 2 is 1.80 bits per heavy atom. The van der Waals surface area contributed by atoms with Crippen LogP contribution < -0.4 is 9.88 Å². The van der Waals surface area contributed by atoms with E-state index in [0.717, 1.165) is 12.2 Å². The largest absolute Gasteiger partial charge is 0.491 e. The molecule has 0 aromatic heterocycles. The van der Waals surface area contributed by atoms with Crippen molar-refractivity contribution in [3.8, 4) is 5.75 Å². The number of ether oxygens (including phenoxy) is 2. The van der Waals surface area contributed by atoms with Crippen molar-refractivity contribution in [1.29, 1.82) is 0 Å². The van der Waals surface area contributed by atoms with Gasteiger partial charge in [-0.2, -0.15) is 0 Å². The minimum atomic E-state index is -3.44. The van der Waals surface area contributed by atoms with Gasteiger partial charge in [0, 0.05) is 0 Å². The quantitative estimate of drug-likeness (QED) is 0.667. The molecule has 1 rings (SSSR count). The minimum absolute atomic E-state index is 0.0954. The van der Waals surface area contributed by atoms with Crippen molar-refractivity contribution in [2.75, 3.05) is 25.6 Å². The van der Waals surface area contributed by atoms with Crippen molar-refractivity contribution < 1.29 is 17.9 Å². The summed E-state index contributed by atoms with van der Waals surface area (Å²) in [5, 5.41) is 4.85. The average molecular weight is 301 g/mol. The summed E-state index contributed by atoms with van der Waals surface area (Å²) in [5.41, 5.74) is 1.31. The van der Waals surface area contributed by atoms with E-state index in [0.29, 0.717) is 13.2 Å². The molecule has 0 aliphatic carbocycles. The Morgan fingerprint density at radius 3 is 2.40 bits per heavy atom. The molecule has 0 heterocycles. The molecule has 0 unspecified atom stereocenters. The first kappa shape index (κ1) is 16.9. The molecule has 0 atom stereocenters. The van der Waals surface area contributed by atoms with E-state index in [9.17, 15) is 8.42 Å². The molecule has 2 N–H and O–H groups in total. The molecule has 1 aromatic carbocycles. The maximum Gasteiger partial charge on any atom is 0.211 e. The van der Waals surface area contributed by atoms with E-state index < -0.39 is 10.0 Å². The molecule has 0 aliphatic rings. The van der Waals surface area contributed by atoms with Gasteiger partial charge in [-0.25, -0.2) is 13.6 Å². The van der Waals surface area contributed by atoms with E-state index >= 15 is 0 Å². The SMILES string of the molecule is CCCCc1ccc(OCCOCCS(N)(=O)=O)cc1. The lowest BCUT2D eigenvalue weighted by atomic mass is 10.1. The molecular weight excluding hydrogens is 278 g/mol. The summed E-state index contributed by atoms with van der Waals surface area (Å²) in [7, 11) is -3.44. The second kappa shape index (κ2) is 8.94. The third kappa shape index (κ3) is 8.14. The molecule has 0 fully saturated rings. The Morgan fingerprint density at radius 1 is 1.10 bits per heavy atom. The Balaban J connectivity index is 2.16. The number of aryl methyl sites for hydroxylation is 1. The first-order valence-corrected chi connectivity index (χ1v) is 8.53. The number of unbranched alkanes of at least 4 members (excludes halogenated alkanes) is 1. The third-order valence-corrected chi connectivity index (χ3v) is 3.49. The van der Waals surface area contributed by atoms with Crippen LogP contribution in [0.3, 0.4) is 0 Å². The Hall–Kier alpha value is -1.11. The molecule has 0 saturated heterocycles. The fourth-order valence-corrected chi connectivity index (χ4v) is 1.98. The zero-order valence-corrected chi connectivity index (χ0v) is 12.7. The van der Waals surface area contributed by atoms with Gasteiger partial charge >= 0.3 is 0 Å². The highest BCUT2D eigenvalue weighted by Gasteiger charge is 2.01. The Kier molecular flexibility index (Phi) is 7.58. The number of nitrogens with two attached hydrogens (primary N) is 1. The predicted molar refractivity (Wildman–Crippen MR) is 79.3 cm³/mol. The number of hydrogen-bond donors (Lipinski definition) is 1. The fourth-order valence-electron chi connectivity index (χ4n) is 1.63. The van der Waals surface area contributed by atoms with Gasteiger partial charge in [-0.3, -0.25) is 0 Å². The first-order valence-electron chi connectivity index (χ1n) is 6.81. The van der Waals surface area contributed by atoms with Gasteiger partial charge in [-0.1, -0.05) is 25.5 Å². The summed E-state index contributed by atoms with van der Waals surface area (Å²) in [6.45, 7) is 3.00. The number of sulfonamides is 1. The molecule has 0 spiro atoms. The highest BCUT2D eigenvalue weighted by atomic mass is 32.2. The van der Waals surface area contributed by atoms with Crippen molar-refractivity contribution in [3.63, 3.8) is 0 Å². The molecule has 5 nitrogen and oxygen atoms in total. The van der Waals surface area contributed by atoms with Crippen LogP contribution in [-0.4, -0.2) is 34.0 Å². The van der Waals surface area contributed by atoms with Crippen molar-refractivity contribution in [3.05, 3.63) is 29.8 Å². The standard InChI is InChI=1S/C14H23NO4S/c1-2-3-4-13-5-7-14(8-6-13)19-10-9-18-11-12-20(15,16)17/h5-8H,2-4,9-12H2,1H3,(H2,15,16,17). The number of rotatable bonds is 10. The lowest BCUT2D eigenvalue weighted by molar-refractivity contribution is 0.111. The molecule has 0 aliphatic heterocycles. The van der Waals surface area contributed by atoms with Gasteiger partial charge in [0.2, 0.25) is 10.0 Å². The Bertz CT molecular complexity index is 470. The monoisotopic (exact) mass is 301 g/mol. The molecule has 0 bridgehead atoms. The summed E-state index contributed by atoms with van der Waals surface area (Å²) >= 11 is 0. The van der Waals surface area contributed by atoms with E-state index in [1.807, 2.05) is 12.1 Å². The van der Waals surface area contributed by atoms with Crippen LogP contribution in [0.2, 0.25) is 0 Å². The topological polar surface area (TPSA) is 78.6 Å². The number of primary sulfonamides is 1. The summed E-state index contributed by atoms with van der Waals surface area (Å²) in [5.74, 6) is 0.624. The van der Waals surface area contributed by atoms with E-state index in [2.05, 4.69) is 19.1 Å². The van der Waals surface area contributed by atoms with Crippen molar-refractivity contribution in [2.24, 2.45) is 5.14 Å². The summed E-state index contributed by atoms with van der Waals surface area (Å²) in [6, 6.07) is 8.00. The van der Waals surface area contributed by atoms with Crippen LogP contribution in [0, 0.1) is 0 Å². The van der Waals surface area contributed by atoms with Crippen LogP contribution in [0.1, 0.15) is 25.3 Å². The highest BCUT2D eigenvalue weighted by Crippen LogP contribution is 2.13. The van der Waals surface area contributed by atoms with Crippen LogP contribution in [0.15, 0.2) is 24.3 Å². The number of benzene rings is 1. The molecule has 0 saturated carbocycles. The number of hydrogen-bond acceptors (Lipinski definition) is 4. The van der Waals surface area contributed by atoms with E-state index in [1.54, 1.807) is 0 Å². The molecular formula is C14H23NO4S. The highest BCUT2D eigenvalue weighted by molar-refractivity contribution is 7.89. The van der Waals surface area contributed by atoms with Crippen molar-refractivity contribution in [1.82, 2.24) is 0 Å². The van der Waals surface area contributed by atoms with Crippen LogP contribution >= 0.6 is 0 Å². The minimum Gasteiger partial charge on any atom is -0.491 e. The lowest BCUT2D eigenvalue weighted by Crippen LogP contribution is -2.21. The maximum absolute atomic E-state index is 10.7. The first-order chi connectivity index (χ1) is 9.51. The van der Waals surface area contributed by atoms with Crippen LogP contribution in [0.4, 0.5) is 0 Å². The fraction of sp³-hybridized carbons (Fsp3) is 0.571. The molecule has 0 amide bonds. The maximum atomic E-state index is 10.7. The van der Waals surface area contributed by atoms with Crippen LogP contribution in [0.25, 0.3) is 0 Å². The van der Waals surface area contributed by atoms with E-state index in [4.69, 9.17) is 14.6 Å². The second-order valence-corrected chi connectivity index (χ2v) is 6.31. The molecule has 114 valence electrons. The second-order valence-electron chi connectivity index (χ2n) is 4.58. The van der Waals surface area contributed by atoms with Gasteiger partial charge in [-0.15, -0.1) is 0 Å². The summed E-state index contributed by atoms with van der Waals surface area (Å²) in [6.07, 6.45) is 3.47. The molecule has 6 heteroatoms. The Labute approximate surface area is 121 Å². The van der Waals surface area contributed by atoms with Gasteiger partial charge < -0.3 is 9.47 Å². The van der Waals surface area contributed by atoms with Gasteiger partial charge in [-0.05, 0) is 30.5 Å².